The summed E-state index contributed by atoms with van der Waals surface area (Å²) >= 11 is 5.97. The molecule has 0 fully saturated rings. The summed E-state index contributed by atoms with van der Waals surface area (Å²) in [6.07, 6.45) is 2.48. The Balaban J connectivity index is 2.11. The second-order valence-electron chi connectivity index (χ2n) is 5.00. The van der Waals surface area contributed by atoms with Crippen molar-refractivity contribution in [3.63, 3.8) is 0 Å². The first-order chi connectivity index (χ1) is 10.0. The monoisotopic (exact) mass is 306 g/mol. The first-order valence-corrected chi connectivity index (χ1v) is 7.35. The molecule has 112 valence electrons. The van der Waals surface area contributed by atoms with Crippen LogP contribution in [0.2, 0.25) is 5.02 Å². The van der Waals surface area contributed by atoms with Crippen LogP contribution in [-0.4, -0.2) is 20.7 Å². The van der Waals surface area contributed by atoms with Crippen molar-refractivity contribution in [3.8, 4) is 0 Å². The number of carbonyl (C=O) groups is 1. The van der Waals surface area contributed by atoms with Crippen LogP contribution in [0.3, 0.4) is 0 Å². The highest BCUT2D eigenvalue weighted by Gasteiger charge is 2.16. The molecule has 1 heterocycles. The average molecular weight is 307 g/mol. The summed E-state index contributed by atoms with van der Waals surface area (Å²) in [5, 5.41) is 7.76. The van der Waals surface area contributed by atoms with Gasteiger partial charge < -0.3 is 5.32 Å². The van der Waals surface area contributed by atoms with Gasteiger partial charge in [0.25, 0.3) is 5.91 Å². The quantitative estimate of drug-likeness (QED) is 0.923. The zero-order valence-electron chi connectivity index (χ0n) is 12.4. The van der Waals surface area contributed by atoms with Crippen LogP contribution in [0.5, 0.6) is 0 Å². The van der Waals surface area contributed by atoms with Crippen LogP contribution in [0.15, 0.2) is 24.5 Å². The van der Waals surface area contributed by atoms with Crippen molar-refractivity contribution in [3.05, 3.63) is 46.5 Å². The van der Waals surface area contributed by atoms with Gasteiger partial charge in [-0.15, -0.1) is 0 Å². The fraction of sp³-hybridized carbons (Fsp3) is 0.400. The van der Waals surface area contributed by atoms with Gasteiger partial charge in [0, 0.05) is 17.1 Å². The minimum absolute atomic E-state index is 0.145. The molecule has 21 heavy (non-hydrogen) atoms. The highest BCUT2D eigenvalue weighted by Crippen LogP contribution is 2.17. The predicted molar refractivity (Wildman–Crippen MR) is 82.4 cm³/mol. The third-order valence-corrected chi connectivity index (χ3v) is 3.66. The number of rotatable bonds is 5. The van der Waals surface area contributed by atoms with Crippen LogP contribution >= 0.6 is 11.6 Å². The lowest BCUT2D eigenvalue weighted by atomic mass is 10.1. The summed E-state index contributed by atoms with van der Waals surface area (Å²) in [7, 11) is 0. The minimum Gasteiger partial charge on any atom is -0.342 e. The van der Waals surface area contributed by atoms with Crippen molar-refractivity contribution in [1.82, 2.24) is 20.1 Å². The maximum absolute atomic E-state index is 12.3. The molecule has 1 aromatic carbocycles. The van der Waals surface area contributed by atoms with E-state index in [0.29, 0.717) is 10.6 Å². The van der Waals surface area contributed by atoms with Crippen LogP contribution in [0.4, 0.5) is 0 Å². The molecule has 0 aliphatic rings. The molecule has 0 spiro atoms. The Morgan fingerprint density at radius 1 is 1.48 bits per heavy atom. The molecule has 1 N–H and O–H groups in total. The van der Waals surface area contributed by atoms with Crippen molar-refractivity contribution in [1.29, 1.82) is 0 Å². The Morgan fingerprint density at radius 3 is 2.90 bits per heavy atom. The first kappa shape index (κ1) is 15.5. The lowest BCUT2D eigenvalue weighted by Crippen LogP contribution is -2.29. The Kier molecular flexibility index (Phi) is 4.96. The SMILES string of the molecule is CCCn1ncnc1C(C)NC(=O)c1ccc(Cl)c(C)c1. The maximum Gasteiger partial charge on any atom is 0.251 e. The normalized spacial score (nSPS) is 12.2. The van der Waals surface area contributed by atoms with Crippen LogP contribution in [0.1, 0.15) is 48.1 Å². The second-order valence-corrected chi connectivity index (χ2v) is 5.41. The van der Waals surface area contributed by atoms with Gasteiger partial charge in [-0.05, 0) is 44.0 Å². The molecular formula is C15H19ClN4O. The van der Waals surface area contributed by atoms with E-state index in [1.807, 2.05) is 18.5 Å². The fourth-order valence-electron chi connectivity index (χ4n) is 2.12. The van der Waals surface area contributed by atoms with Gasteiger partial charge in [0.1, 0.15) is 12.2 Å². The molecular weight excluding hydrogens is 288 g/mol. The maximum atomic E-state index is 12.3. The van der Waals surface area contributed by atoms with Crippen molar-refractivity contribution < 1.29 is 4.79 Å². The molecule has 0 saturated heterocycles. The number of halogens is 1. The molecule has 1 atom stereocenters. The Bertz CT molecular complexity index is 638. The van der Waals surface area contributed by atoms with E-state index in [0.717, 1.165) is 24.4 Å². The zero-order chi connectivity index (χ0) is 15.4. The summed E-state index contributed by atoms with van der Waals surface area (Å²) < 4.78 is 1.82. The number of amides is 1. The molecule has 1 aromatic heterocycles. The largest absolute Gasteiger partial charge is 0.342 e. The molecule has 0 saturated carbocycles. The molecule has 2 rings (SSSR count). The molecule has 6 heteroatoms. The van der Waals surface area contributed by atoms with E-state index < -0.39 is 0 Å². The summed E-state index contributed by atoms with van der Waals surface area (Å²) in [6, 6.07) is 5.02. The summed E-state index contributed by atoms with van der Waals surface area (Å²) in [4.78, 5) is 16.5. The second kappa shape index (κ2) is 6.72. The van der Waals surface area contributed by atoms with Gasteiger partial charge in [-0.2, -0.15) is 5.10 Å². The minimum atomic E-state index is -0.206. The Morgan fingerprint density at radius 2 is 2.24 bits per heavy atom. The van der Waals surface area contributed by atoms with Crippen molar-refractivity contribution >= 4 is 17.5 Å². The first-order valence-electron chi connectivity index (χ1n) is 6.97. The van der Waals surface area contributed by atoms with Gasteiger partial charge in [0.15, 0.2) is 0 Å². The van der Waals surface area contributed by atoms with E-state index in [2.05, 4.69) is 22.3 Å². The van der Waals surface area contributed by atoms with E-state index in [4.69, 9.17) is 11.6 Å². The van der Waals surface area contributed by atoms with E-state index >= 15 is 0 Å². The summed E-state index contributed by atoms with van der Waals surface area (Å²) in [5.74, 6) is 0.615. The standard InChI is InChI=1S/C15H19ClN4O/c1-4-7-20-14(17-9-18-20)11(3)19-15(21)12-5-6-13(16)10(2)8-12/h5-6,8-9,11H,4,7H2,1-3H3,(H,19,21). The molecule has 5 nitrogen and oxygen atoms in total. The Labute approximate surface area is 129 Å². The van der Waals surface area contributed by atoms with Gasteiger partial charge in [0.2, 0.25) is 0 Å². The zero-order valence-corrected chi connectivity index (χ0v) is 13.2. The van der Waals surface area contributed by atoms with E-state index in [1.54, 1.807) is 18.2 Å². The topological polar surface area (TPSA) is 59.8 Å². The summed E-state index contributed by atoms with van der Waals surface area (Å²) in [5.41, 5.74) is 1.47. The van der Waals surface area contributed by atoms with E-state index in [9.17, 15) is 4.79 Å². The number of nitrogens with zero attached hydrogens (tertiary/aromatic N) is 3. The smallest absolute Gasteiger partial charge is 0.251 e. The molecule has 1 unspecified atom stereocenters. The number of nitrogens with one attached hydrogen (secondary N) is 1. The molecule has 0 radical (unpaired) electrons. The molecule has 0 aliphatic heterocycles. The van der Waals surface area contributed by atoms with Gasteiger partial charge in [-0.1, -0.05) is 18.5 Å². The fourth-order valence-corrected chi connectivity index (χ4v) is 2.24. The lowest BCUT2D eigenvalue weighted by Gasteiger charge is -2.14. The van der Waals surface area contributed by atoms with E-state index in [-0.39, 0.29) is 11.9 Å². The molecule has 0 bridgehead atoms. The van der Waals surface area contributed by atoms with Gasteiger partial charge in [-0.25, -0.2) is 9.67 Å². The number of aryl methyl sites for hydroxylation is 2. The van der Waals surface area contributed by atoms with Crippen molar-refractivity contribution in [2.75, 3.05) is 0 Å². The number of hydrogen-bond donors (Lipinski definition) is 1. The van der Waals surface area contributed by atoms with Crippen LogP contribution < -0.4 is 5.32 Å². The van der Waals surface area contributed by atoms with Crippen LogP contribution in [0, 0.1) is 6.92 Å². The predicted octanol–water partition coefficient (Wildman–Crippen LogP) is 3.14. The Hall–Kier alpha value is -1.88. The van der Waals surface area contributed by atoms with Gasteiger partial charge >= 0.3 is 0 Å². The number of carbonyl (C=O) groups excluding carboxylic acids is 1. The lowest BCUT2D eigenvalue weighted by molar-refractivity contribution is 0.0937. The van der Waals surface area contributed by atoms with Crippen LogP contribution in [0.25, 0.3) is 0 Å². The third-order valence-electron chi connectivity index (χ3n) is 3.24. The summed E-state index contributed by atoms with van der Waals surface area (Å²) in [6.45, 7) is 6.64. The van der Waals surface area contributed by atoms with Crippen molar-refractivity contribution in [2.45, 2.75) is 39.8 Å². The van der Waals surface area contributed by atoms with Gasteiger partial charge in [-0.3, -0.25) is 4.79 Å². The van der Waals surface area contributed by atoms with Gasteiger partial charge in [0.05, 0.1) is 6.04 Å². The number of hydrogen-bond acceptors (Lipinski definition) is 3. The highest BCUT2D eigenvalue weighted by molar-refractivity contribution is 6.31. The average Bonchev–Trinajstić information content (AvgIpc) is 2.90. The van der Waals surface area contributed by atoms with E-state index in [1.165, 1.54) is 6.33 Å². The highest BCUT2D eigenvalue weighted by atomic mass is 35.5. The third kappa shape index (κ3) is 3.61. The van der Waals surface area contributed by atoms with Crippen molar-refractivity contribution in [2.24, 2.45) is 0 Å². The number of benzene rings is 1. The number of aromatic nitrogens is 3. The van der Waals surface area contributed by atoms with Crippen LogP contribution in [-0.2, 0) is 6.54 Å². The molecule has 0 aliphatic carbocycles. The molecule has 1 amide bonds. The molecule has 2 aromatic rings.